The summed E-state index contributed by atoms with van der Waals surface area (Å²) in [5, 5.41) is 1.29. The van der Waals surface area contributed by atoms with Crippen LogP contribution in [0.3, 0.4) is 0 Å². The molecule has 0 saturated carbocycles. The van der Waals surface area contributed by atoms with Crippen molar-refractivity contribution in [2.45, 2.75) is 85.0 Å². The first-order valence-electron chi connectivity index (χ1n) is 21.5. The summed E-state index contributed by atoms with van der Waals surface area (Å²) in [6.07, 6.45) is 19.1. The third kappa shape index (κ3) is 8.86. The number of thiol groups is 1. The van der Waals surface area contributed by atoms with Crippen LogP contribution >= 0.6 is 12.6 Å². The van der Waals surface area contributed by atoms with E-state index >= 15 is 0 Å². The molecule has 1 aromatic heterocycles. The molecule has 60 heavy (non-hydrogen) atoms. The van der Waals surface area contributed by atoms with Crippen molar-refractivity contribution in [3.05, 3.63) is 215 Å². The van der Waals surface area contributed by atoms with E-state index in [1.165, 1.54) is 89.1 Å². The third-order valence-corrected chi connectivity index (χ3v) is 12.6. The van der Waals surface area contributed by atoms with E-state index in [2.05, 4.69) is 218 Å². The SMILES string of the molecule is C=C.CC.CC1=C(/C=C\C=C\c2ccccc2S)c2ccc(-n3c(/C=C(\C)c4ccccc4C)c(C)c4ccc(C5=CC=C(c6ccccc6)CCC5)cc43)cc2C1(C)C. The van der Waals surface area contributed by atoms with Crippen LogP contribution in [0.25, 0.3) is 51.0 Å². The van der Waals surface area contributed by atoms with Crippen LogP contribution in [0.1, 0.15) is 111 Å². The maximum Gasteiger partial charge on any atom is 0.0543 e. The molecule has 5 aromatic carbocycles. The first kappa shape index (κ1) is 43.7. The molecule has 2 aliphatic rings. The molecule has 2 aliphatic carbocycles. The van der Waals surface area contributed by atoms with Gasteiger partial charge in [0.2, 0.25) is 0 Å². The standard InChI is InChI=1S/C54H51NS.C2H6.C2H4/c1-36-17-10-13-24-46(36)37(2)33-51-38(3)47-31-29-44(42-23-16-22-41(27-28-42)40-18-8-7-9-19-40)34-52(47)55(51)45-30-32-49-48(39(4)54(5,6)50(49)35-45)25-14-11-20-43-21-12-15-26-53(43)56;2*1-2/h7-15,17-21,24-35,56H,16,22-23H2,1-6H3;1-2H3;1-2H2/b20-11+,25-14-,37-33+;;. The first-order chi connectivity index (χ1) is 29.1. The number of fused-ring (bicyclic) bond motifs is 2. The summed E-state index contributed by atoms with van der Waals surface area (Å²) in [6.45, 7) is 23.8. The summed E-state index contributed by atoms with van der Waals surface area (Å²) in [5.41, 5.74) is 20.6. The summed E-state index contributed by atoms with van der Waals surface area (Å²) in [7, 11) is 0. The number of aryl methyl sites for hydroxylation is 2. The van der Waals surface area contributed by atoms with Gasteiger partial charge in [0.1, 0.15) is 0 Å². The Labute approximate surface area is 366 Å². The molecule has 0 bridgehead atoms. The zero-order valence-electron chi connectivity index (χ0n) is 36.9. The van der Waals surface area contributed by atoms with Crippen LogP contribution in [0.2, 0.25) is 0 Å². The largest absolute Gasteiger partial charge is 0.310 e. The van der Waals surface area contributed by atoms with Crippen molar-refractivity contribution in [1.82, 2.24) is 4.57 Å². The van der Waals surface area contributed by atoms with Gasteiger partial charge in [-0.2, -0.15) is 0 Å². The fourth-order valence-corrected chi connectivity index (χ4v) is 8.94. The van der Waals surface area contributed by atoms with Crippen molar-refractivity contribution < 1.29 is 0 Å². The van der Waals surface area contributed by atoms with Crippen LogP contribution in [0, 0.1) is 13.8 Å². The van der Waals surface area contributed by atoms with Gasteiger partial charge in [0.25, 0.3) is 0 Å². The molecule has 0 N–H and O–H groups in total. The molecule has 0 saturated heterocycles. The molecule has 0 radical (unpaired) electrons. The van der Waals surface area contributed by atoms with Crippen LogP contribution in [0.5, 0.6) is 0 Å². The third-order valence-electron chi connectivity index (χ3n) is 12.2. The van der Waals surface area contributed by atoms with Gasteiger partial charge < -0.3 is 4.57 Å². The number of aromatic nitrogens is 1. The van der Waals surface area contributed by atoms with E-state index in [1.54, 1.807) is 0 Å². The van der Waals surface area contributed by atoms with E-state index in [0.717, 1.165) is 29.7 Å². The smallest absolute Gasteiger partial charge is 0.0543 e. The Kier molecular flexibility index (Phi) is 14.2. The Morgan fingerprint density at radius 2 is 1.37 bits per heavy atom. The van der Waals surface area contributed by atoms with Gasteiger partial charge in [-0.1, -0.05) is 161 Å². The van der Waals surface area contributed by atoms with E-state index < -0.39 is 0 Å². The molecule has 0 unspecified atom stereocenters. The Morgan fingerprint density at radius 3 is 2.08 bits per heavy atom. The number of hydrogen-bond acceptors (Lipinski definition) is 1. The molecule has 0 spiro atoms. The van der Waals surface area contributed by atoms with Crippen LogP contribution in [-0.4, -0.2) is 4.57 Å². The van der Waals surface area contributed by atoms with Gasteiger partial charge in [-0.05, 0) is 144 Å². The molecule has 1 nitrogen and oxygen atoms in total. The Morgan fingerprint density at radius 1 is 0.717 bits per heavy atom. The lowest BCUT2D eigenvalue weighted by Gasteiger charge is -2.23. The number of nitrogens with zero attached hydrogens (tertiary/aromatic N) is 1. The zero-order valence-corrected chi connectivity index (χ0v) is 37.8. The van der Waals surface area contributed by atoms with E-state index in [-0.39, 0.29) is 5.41 Å². The molecule has 6 aromatic rings. The second-order valence-corrected chi connectivity index (χ2v) is 16.5. The van der Waals surface area contributed by atoms with E-state index in [0.29, 0.717) is 0 Å². The van der Waals surface area contributed by atoms with Crippen LogP contribution in [-0.2, 0) is 5.41 Å². The Balaban J connectivity index is 0.00000147. The number of hydrogen-bond donors (Lipinski definition) is 1. The number of rotatable bonds is 8. The lowest BCUT2D eigenvalue weighted by atomic mass is 9.82. The molecule has 1 heterocycles. The quantitative estimate of drug-likeness (QED) is 0.0888. The van der Waals surface area contributed by atoms with Gasteiger partial charge in [0.05, 0.1) is 11.2 Å². The molecule has 0 atom stereocenters. The molecule has 2 heteroatoms. The zero-order chi connectivity index (χ0) is 43.0. The molecule has 0 amide bonds. The summed E-state index contributed by atoms with van der Waals surface area (Å²) in [6, 6.07) is 42.0. The fourth-order valence-electron chi connectivity index (χ4n) is 8.71. The van der Waals surface area contributed by atoms with Crippen molar-refractivity contribution in [1.29, 1.82) is 0 Å². The van der Waals surface area contributed by atoms with E-state index in [9.17, 15) is 0 Å². The van der Waals surface area contributed by atoms with E-state index in [4.69, 9.17) is 0 Å². The topological polar surface area (TPSA) is 4.93 Å². The first-order valence-corrected chi connectivity index (χ1v) is 21.9. The van der Waals surface area contributed by atoms with Gasteiger partial charge in [0, 0.05) is 21.4 Å². The van der Waals surface area contributed by atoms with Crippen molar-refractivity contribution in [2.24, 2.45) is 0 Å². The monoisotopic (exact) mass is 803 g/mol. The summed E-state index contributed by atoms with van der Waals surface area (Å²) < 4.78 is 2.52. The van der Waals surface area contributed by atoms with Crippen molar-refractivity contribution in [3.63, 3.8) is 0 Å². The lowest BCUT2D eigenvalue weighted by Crippen LogP contribution is -2.16. The minimum atomic E-state index is -0.114. The van der Waals surface area contributed by atoms with Gasteiger partial charge in [-0.3, -0.25) is 0 Å². The highest BCUT2D eigenvalue weighted by molar-refractivity contribution is 7.80. The highest BCUT2D eigenvalue weighted by Gasteiger charge is 2.35. The number of benzene rings is 5. The lowest BCUT2D eigenvalue weighted by molar-refractivity contribution is 0.638. The maximum atomic E-state index is 4.63. The average molecular weight is 804 g/mol. The summed E-state index contributed by atoms with van der Waals surface area (Å²) in [5.74, 6) is 0. The van der Waals surface area contributed by atoms with Crippen molar-refractivity contribution >= 4 is 58.0 Å². The predicted octanol–water partition coefficient (Wildman–Crippen LogP) is 16.9. The maximum absolute atomic E-state index is 4.63. The second kappa shape index (κ2) is 19.5. The minimum Gasteiger partial charge on any atom is -0.310 e. The highest BCUT2D eigenvalue weighted by atomic mass is 32.1. The molecule has 0 fully saturated rings. The van der Waals surface area contributed by atoms with Gasteiger partial charge in [-0.15, -0.1) is 25.8 Å². The normalized spacial score (nSPS) is 14.9. The van der Waals surface area contributed by atoms with Gasteiger partial charge in [-0.25, -0.2) is 0 Å². The predicted molar refractivity (Wildman–Crippen MR) is 269 cm³/mol. The minimum absolute atomic E-state index is 0.114. The molecule has 304 valence electrons. The highest BCUT2D eigenvalue weighted by Crippen LogP contribution is 2.48. The van der Waals surface area contributed by atoms with Crippen molar-refractivity contribution in [3.8, 4) is 5.69 Å². The van der Waals surface area contributed by atoms with Crippen molar-refractivity contribution in [2.75, 3.05) is 0 Å². The Hall–Kier alpha value is -5.83. The molecule has 8 rings (SSSR count). The molecular weight excluding hydrogens is 743 g/mol. The van der Waals surface area contributed by atoms with Gasteiger partial charge >= 0.3 is 0 Å². The van der Waals surface area contributed by atoms with Gasteiger partial charge in [0.15, 0.2) is 0 Å². The van der Waals surface area contributed by atoms with E-state index in [1.807, 2.05) is 26.0 Å². The molecule has 0 aliphatic heterocycles. The van der Waals surface area contributed by atoms with Crippen LogP contribution < -0.4 is 0 Å². The summed E-state index contributed by atoms with van der Waals surface area (Å²) in [4.78, 5) is 0.982. The average Bonchev–Trinajstić information content (AvgIpc) is 3.48. The summed E-state index contributed by atoms with van der Waals surface area (Å²) >= 11 is 4.63. The molecular formula is C58H61NS. The van der Waals surface area contributed by atoms with Crippen LogP contribution in [0.15, 0.2) is 169 Å². The Bertz CT molecular complexity index is 2680. The van der Waals surface area contributed by atoms with Crippen LogP contribution in [0.4, 0.5) is 0 Å². The second-order valence-electron chi connectivity index (χ2n) is 16.0. The fraction of sp³-hybridized carbons (Fsp3) is 0.207. The number of allylic oxidation sites excluding steroid dienone is 10.